The maximum Gasteiger partial charge on any atom is 0.162 e. The van der Waals surface area contributed by atoms with Gasteiger partial charge in [0.05, 0.1) is 5.52 Å². The summed E-state index contributed by atoms with van der Waals surface area (Å²) < 4.78 is 13.2. The first kappa shape index (κ1) is 12.9. The summed E-state index contributed by atoms with van der Waals surface area (Å²) in [5.41, 5.74) is 7.43. The highest BCUT2D eigenvalue weighted by Gasteiger charge is 2.08. The van der Waals surface area contributed by atoms with Gasteiger partial charge in [-0.05, 0) is 36.6 Å². The van der Waals surface area contributed by atoms with Gasteiger partial charge in [-0.15, -0.1) is 11.8 Å². The van der Waals surface area contributed by atoms with Crippen LogP contribution in [0.25, 0.3) is 22.3 Å². The Morgan fingerprint density at radius 2 is 1.80 bits per heavy atom. The minimum atomic E-state index is -0.343. The third-order valence-corrected chi connectivity index (χ3v) is 3.78. The molecule has 0 amide bonds. The Morgan fingerprint density at radius 1 is 1.05 bits per heavy atom. The second-order valence-corrected chi connectivity index (χ2v) is 5.20. The van der Waals surface area contributed by atoms with Crippen molar-refractivity contribution in [1.29, 1.82) is 0 Å². The number of nitrogen functional groups attached to an aromatic ring is 1. The number of thioether (sulfide) groups is 1. The summed E-state index contributed by atoms with van der Waals surface area (Å²) in [4.78, 5) is 9.87. The maximum atomic E-state index is 13.2. The maximum absolute atomic E-state index is 13.2. The molecule has 0 saturated carbocycles. The van der Waals surface area contributed by atoms with Crippen LogP contribution in [0.5, 0.6) is 0 Å². The van der Waals surface area contributed by atoms with E-state index in [0.29, 0.717) is 22.5 Å². The normalized spacial score (nSPS) is 10.9. The molecular weight excluding hydrogens is 273 g/mol. The van der Waals surface area contributed by atoms with Gasteiger partial charge < -0.3 is 5.73 Å². The molecule has 2 aromatic carbocycles. The van der Waals surface area contributed by atoms with Gasteiger partial charge in [0.2, 0.25) is 0 Å². The predicted molar refractivity (Wildman–Crippen MR) is 81.1 cm³/mol. The second kappa shape index (κ2) is 5.09. The van der Waals surface area contributed by atoms with Crippen molar-refractivity contribution in [3.05, 3.63) is 48.3 Å². The molecular formula is C15H12FN3S. The third-order valence-electron chi connectivity index (χ3n) is 3.04. The Labute approximate surface area is 120 Å². The molecule has 0 unspecified atom stereocenters. The lowest BCUT2D eigenvalue weighted by molar-refractivity contribution is 0.629. The molecule has 5 heteroatoms. The Morgan fingerprint density at radius 3 is 2.50 bits per heavy atom. The summed E-state index contributed by atoms with van der Waals surface area (Å²) >= 11 is 1.67. The first-order valence-corrected chi connectivity index (χ1v) is 7.27. The fourth-order valence-corrected chi connectivity index (χ4v) is 2.40. The standard InChI is InChI=1S/C15H12FN3S/c1-20-11-5-2-9(3-6-11)15-18-13-7-4-10(16)8-12(13)14(17)19-15/h2-8H,1H3,(H2,17,18,19). The van der Waals surface area contributed by atoms with E-state index < -0.39 is 0 Å². The summed E-state index contributed by atoms with van der Waals surface area (Å²) in [6, 6.07) is 12.3. The number of hydrogen-bond donors (Lipinski definition) is 1. The molecule has 0 fully saturated rings. The number of halogens is 1. The van der Waals surface area contributed by atoms with Gasteiger partial charge in [0.25, 0.3) is 0 Å². The van der Waals surface area contributed by atoms with E-state index in [9.17, 15) is 4.39 Å². The van der Waals surface area contributed by atoms with Crippen LogP contribution in [0.15, 0.2) is 47.4 Å². The van der Waals surface area contributed by atoms with Crippen LogP contribution in [0.2, 0.25) is 0 Å². The van der Waals surface area contributed by atoms with E-state index in [-0.39, 0.29) is 5.82 Å². The van der Waals surface area contributed by atoms with Gasteiger partial charge in [-0.25, -0.2) is 14.4 Å². The number of benzene rings is 2. The highest BCUT2D eigenvalue weighted by molar-refractivity contribution is 7.98. The van der Waals surface area contributed by atoms with E-state index in [1.807, 2.05) is 30.5 Å². The average molecular weight is 285 g/mol. The van der Waals surface area contributed by atoms with Crippen LogP contribution in [0, 0.1) is 5.82 Å². The molecule has 0 saturated heterocycles. The summed E-state index contributed by atoms with van der Waals surface area (Å²) in [5.74, 6) is 0.498. The van der Waals surface area contributed by atoms with Crippen molar-refractivity contribution >= 4 is 28.5 Å². The van der Waals surface area contributed by atoms with Gasteiger partial charge in [-0.1, -0.05) is 12.1 Å². The Kier molecular flexibility index (Phi) is 3.28. The molecule has 0 spiro atoms. The van der Waals surface area contributed by atoms with Crippen LogP contribution in [0.3, 0.4) is 0 Å². The fraction of sp³-hybridized carbons (Fsp3) is 0.0667. The number of aromatic nitrogens is 2. The molecule has 0 atom stereocenters. The van der Waals surface area contributed by atoms with Crippen molar-refractivity contribution in [2.75, 3.05) is 12.0 Å². The van der Waals surface area contributed by atoms with E-state index in [4.69, 9.17) is 5.73 Å². The molecule has 3 rings (SSSR count). The monoisotopic (exact) mass is 285 g/mol. The van der Waals surface area contributed by atoms with E-state index >= 15 is 0 Å². The van der Waals surface area contributed by atoms with Gasteiger partial charge >= 0.3 is 0 Å². The number of anilines is 1. The Hall–Kier alpha value is -2.14. The molecule has 0 aliphatic heterocycles. The number of rotatable bonds is 2. The first-order chi connectivity index (χ1) is 9.67. The zero-order chi connectivity index (χ0) is 14.1. The van der Waals surface area contributed by atoms with Gasteiger partial charge in [0.15, 0.2) is 5.82 Å². The topological polar surface area (TPSA) is 51.8 Å². The molecule has 20 heavy (non-hydrogen) atoms. The number of nitrogens with zero attached hydrogens (tertiary/aromatic N) is 2. The third kappa shape index (κ3) is 2.32. The predicted octanol–water partition coefficient (Wildman–Crippen LogP) is 3.74. The van der Waals surface area contributed by atoms with Crippen LogP contribution in [-0.4, -0.2) is 16.2 Å². The summed E-state index contributed by atoms with van der Waals surface area (Å²) in [6.07, 6.45) is 2.02. The Bertz CT molecular complexity index is 772. The Balaban J connectivity index is 2.14. The lowest BCUT2D eigenvalue weighted by atomic mass is 10.2. The van der Waals surface area contributed by atoms with Crippen molar-refractivity contribution < 1.29 is 4.39 Å². The van der Waals surface area contributed by atoms with Crippen LogP contribution >= 0.6 is 11.8 Å². The van der Waals surface area contributed by atoms with Crippen LogP contribution in [0.4, 0.5) is 10.2 Å². The first-order valence-electron chi connectivity index (χ1n) is 6.04. The molecule has 0 aliphatic rings. The zero-order valence-corrected chi connectivity index (χ0v) is 11.6. The number of nitrogens with two attached hydrogens (primary N) is 1. The molecule has 0 bridgehead atoms. The largest absolute Gasteiger partial charge is 0.383 e. The van der Waals surface area contributed by atoms with Gasteiger partial charge in [-0.2, -0.15) is 0 Å². The second-order valence-electron chi connectivity index (χ2n) is 4.32. The molecule has 1 aromatic heterocycles. The average Bonchev–Trinajstić information content (AvgIpc) is 2.48. The number of hydrogen-bond acceptors (Lipinski definition) is 4. The molecule has 1 heterocycles. The molecule has 3 nitrogen and oxygen atoms in total. The van der Waals surface area contributed by atoms with Crippen molar-refractivity contribution in [3.8, 4) is 11.4 Å². The van der Waals surface area contributed by atoms with Crippen molar-refractivity contribution in [2.45, 2.75) is 4.90 Å². The van der Waals surface area contributed by atoms with Crippen LogP contribution in [0.1, 0.15) is 0 Å². The lowest BCUT2D eigenvalue weighted by Crippen LogP contribution is -1.98. The minimum Gasteiger partial charge on any atom is -0.383 e. The lowest BCUT2D eigenvalue weighted by Gasteiger charge is -2.06. The van der Waals surface area contributed by atoms with Gasteiger partial charge in [-0.3, -0.25) is 0 Å². The van der Waals surface area contributed by atoms with Crippen LogP contribution in [-0.2, 0) is 0 Å². The minimum absolute atomic E-state index is 0.290. The van der Waals surface area contributed by atoms with Gasteiger partial charge in [0.1, 0.15) is 11.6 Å². The molecule has 3 aromatic rings. The fourth-order valence-electron chi connectivity index (χ4n) is 1.99. The number of fused-ring (bicyclic) bond motifs is 1. The van der Waals surface area contributed by atoms with E-state index in [2.05, 4.69) is 9.97 Å². The van der Waals surface area contributed by atoms with E-state index in [0.717, 1.165) is 5.56 Å². The molecule has 0 aliphatic carbocycles. The molecule has 100 valence electrons. The van der Waals surface area contributed by atoms with E-state index in [1.165, 1.54) is 17.0 Å². The summed E-state index contributed by atoms with van der Waals surface area (Å²) in [7, 11) is 0. The van der Waals surface area contributed by atoms with Crippen molar-refractivity contribution in [3.63, 3.8) is 0 Å². The smallest absolute Gasteiger partial charge is 0.162 e. The zero-order valence-electron chi connectivity index (χ0n) is 10.8. The molecule has 0 radical (unpaired) electrons. The molecule has 2 N–H and O–H groups in total. The summed E-state index contributed by atoms with van der Waals surface area (Å²) in [6.45, 7) is 0. The van der Waals surface area contributed by atoms with Crippen molar-refractivity contribution in [1.82, 2.24) is 9.97 Å². The highest BCUT2D eigenvalue weighted by atomic mass is 32.2. The van der Waals surface area contributed by atoms with E-state index in [1.54, 1.807) is 17.8 Å². The highest BCUT2D eigenvalue weighted by Crippen LogP contribution is 2.25. The van der Waals surface area contributed by atoms with Crippen molar-refractivity contribution in [2.24, 2.45) is 0 Å². The van der Waals surface area contributed by atoms with Gasteiger partial charge in [0, 0.05) is 15.8 Å². The SMILES string of the molecule is CSc1ccc(-c2nc(N)c3cc(F)ccc3n2)cc1. The summed E-state index contributed by atoms with van der Waals surface area (Å²) in [5, 5.41) is 0.537. The quantitative estimate of drug-likeness (QED) is 0.729. The van der Waals surface area contributed by atoms with Crippen LogP contribution < -0.4 is 5.73 Å².